The van der Waals surface area contributed by atoms with Crippen LogP contribution in [0.4, 0.5) is 23.3 Å². The molecule has 188 valence electrons. The topological polar surface area (TPSA) is 134 Å². The molecule has 10 nitrogen and oxygen atoms in total. The number of rotatable bonds is 5. The summed E-state index contributed by atoms with van der Waals surface area (Å²) in [6.07, 6.45) is 4.57. The molecule has 4 heterocycles. The number of benzene rings is 2. The van der Waals surface area contributed by atoms with Crippen LogP contribution in [0, 0.1) is 0 Å². The molecule has 0 spiro atoms. The van der Waals surface area contributed by atoms with Crippen molar-refractivity contribution in [2.24, 2.45) is 0 Å². The van der Waals surface area contributed by atoms with Gasteiger partial charge < -0.3 is 26.4 Å². The van der Waals surface area contributed by atoms with Crippen LogP contribution in [-0.2, 0) is 4.79 Å². The Labute approximate surface area is 213 Å². The molecule has 6 rings (SSSR count). The number of nitrogen functional groups attached to an aromatic ring is 1. The number of hydrogen-bond acceptors (Lipinski definition) is 8. The number of aromatic nitrogens is 4. The zero-order valence-corrected chi connectivity index (χ0v) is 20.2. The van der Waals surface area contributed by atoms with Crippen LogP contribution in [0.5, 0.6) is 0 Å². The average Bonchev–Trinajstić information content (AvgIpc) is 3.47. The number of nitrogens with two attached hydrogens (primary N) is 1. The van der Waals surface area contributed by atoms with Crippen molar-refractivity contribution in [3.05, 3.63) is 77.5 Å². The molecule has 1 atom stereocenters. The predicted octanol–water partition coefficient (Wildman–Crippen LogP) is 3.06. The monoisotopic (exact) mass is 496 g/mol. The van der Waals surface area contributed by atoms with Gasteiger partial charge in [-0.3, -0.25) is 4.79 Å². The highest BCUT2D eigenvalue weighted by Gasteiger charge is 2.26. The molecule has 10 heteroatoms. The first kappa shape index (κ1) is 23.0. The highest BCUT2D eigenvalue weighted by molar-refractivity contribution is 5.85. The lowest BCUT2D eigenvalue weighted by atomic mass is 9.89. The van der Waals surface area contributed by atoms with Crippen LogP contribution in [0.15, 0.2) is 66.4 Å². The molecule has 2 aliphatic rings. The summed E-state index contributed by atoms with van der Waals surface area (Å²) < 4.78 is 1.65. The minimum absolute atomic E-state index is 0.143. The van der Waals surface area contributed by atoms with Crippen molar-refractivity contribution in [1.29, 1.82) is 0 Å². The first-order valence-electron chi connectivity index (χ1n) is 12.4. The number of amides is 1. The molecule has 0 aliphatic carbocycles. The van der Waals surface area contributed by atoms with Gasteiger partial charge in [0.05, 0.1) is 12.6 Å². The van der Waals surface area contributed by atoms with Crippen LogP contribution in [-0.4, -0.2) is 49.9 Å². The SMILES string of the molecule is Nc1ccc(C2CCN(c3nc(Nc4ccccc4)n4ncc(C=C5CC(=O)NC5O)c4n3)CC2)cc1. The largest absolute Gasteiger partial charge is 0.399 e. The van der Waals surface area contributed by atoms with Gasteiger partial charge >= 0.3 is 0 Å². The Balaban J connectivity index is 1.33. The summed E-state index contributed by atoms with van der Waals surface area (Å²) in [5, 5.41) is 20.6. The molecule has 2 aliphatic heterocycles. The van der Waals surface area contributed by atoms with E-state index in [0.29, 0.717) is 34.6 Å². The van der Waals surface area contributed by atoms with E-state index in [2.05, 4.69) is 32.8 Å². The standard InChI is InChI=1S/C27H28N8O2/c28-21-8-6-17(7-9-21)18-10-12-34(13-11-18)26-32-24-20(14-19-15-23(36)31-25(19)37)16-29-35(24)27(33-26)30-22-4-2-1-3-5-22/h1-9,14,16,18,25,37H,10-13,15,28H2,(H,31,36)(H,30,32,33). The van der Waals surface area contributed by atoms with Crippen molar-refractivity contribution >= 4 is 40.9 Å². The summed E-state index contributed by atoms with van der Waals surface area (Å²) in [5.41, 5.74) is 10.7. The summed E-state index contributed by atoms with van der Waals surface area (Å²) in [5.74, 6) is 1.41. The Morgan fingerprint density at radius 2 is 1.81 bits per heavy atom. The van der Waals surface area contributed by atoms with E-state index in [9.17, 15) is 9.90 Å². The molecule has 5 N–H and O–H groups in total. The molecule has 4 aromatic rings. The number of para-hydroxylation sites is 1. The first-order valence-corrected chi connectivity index (χ1v) is 12.4. The van der Waals surface area contributed by atoms with Gasteiger partial charge in [-0.1, -0.05) is 30.3 Å². The normalized spacial score (nSPS) is 19.5. The zero-order valence-electron chi connectivity index (χ0n) is 20.2. The van der Waals surface area contributed by atoms with Gasteiger partial charge in [-0.05, 0) is 60.2 Å². The predicted molar refractivity (Wildman–Crippen MR) is 142 cm³/mol. The third-order valence-electron chi connectivity index (χ3n) is 6.95. The molecule has 2 saturated heterocycles. The molecule has 2 fully saturated rings. The molecular weight excluding hydrogens is 468 g/mol. The van der Waals surface area contributed by atoms with Crippen molar-refractivity contribution in [3.63, 3.8) is 0 Å². The lowest BCUT2D eigenvalue weighted by Crippen LogP contribution is -2.34. The minimum atomic E-state index is -1.00. The van der Waals surface area contributed by atoms with Crippen molar-refractivity contribution in [2.75, 3.05) is 29.0 Å². The van der Waals surface area contributed by atoms with E-state index in [4.69, 9.17) is 15.7 Å². The minimum Gasteiger partial charge on any atom is -0.399 e. The van der Waals surface area contributed by atoms with Crippen LogP contribution in [0.2, 0.25) is 0 Å². The number of fused-ring (bicyclic) bond motifs is 1. The lowest BCUT2D eigenvalue weighted by Gasteiger charge is -2.32. The van der Waals surface area contributed by atoms with E-state index in [1.165, 1.54) is 5.56 Å². The van der Waals surface area contributed by atoms with E-state index in [1.54, 1.807) is 16.8 Å². The van der Waals surface area contributed by atoms with Gasteiger partial charge in [0, 0.05) is 30.0 Å². The number of aliphatic hydroxyl groups is 1. The van der Waals surface area contributed by atoms with Crippen molar-refractivity contribution in [2.45, 2.75) is 31.4 Å². The summed E-state index contributed by atoms with van der Waals surface area (Å²) in [6.45, 7) is 1.63. The smallest absolute Gasteiger partial charge is 0.233 e. The van der Waals surface area contributed by atoms with E-state index >= 15 is 0 Å². The number of hydrogen-bond donors (Lipinski definition) is 4. The highest BCUT2D eigenvalue weighted by atomic mass is 16.3. The van der Waals surface area contributed by atoms with Gasteiger partial charge in [0.1, 0.15) is 6.23 Å². The van der Waals surface area contributed by atoms with Crippen LogP contribution in [0.25, 0.3) is 11.7 Å². The van der Waals surface area contributed by atoms with E-state index in [0.717, 1.165) is 37.3 Å². The van der Waals surface area contributed by atoms with Crippen LogP contribution in [0.3, 0.4) is 0 Å². The number of anilines is 4. The fourth-order valence-electron chi connectivity index (χ4n) is 4.95. The molecule has 1 amide bonds. The quantitative estimate of drug-likeness (QED) is 0.310. The van der Waals surface area contributed by atoms with Crippen LogP contribution in [0.1, 0.15) is 36.3 Å². The number of nitrogens with one attached hydrogen (secondary N) is 2. The molecule has 0 bridgehead atoms. The summed E-state index contributed by atoms with van der Waals surface area (Å²) >= 11 is 0. The maximum Gasteiger partial charge on any atom is 0.233 e. The maximum absolute atomic E-state index is 11.7. The third kappa shape index (κ3) is 4.70. The lowest BCUT2D eigenvalue weighted by molar-refractivity contribution is -0.120. The van der Waals surface area contributed by atoms with E-state index in [1.807, 2.05) is 42.5 Å². The Hall–Kier alpha value is -4.44. The number of nitrogens with zero attached hydrogens (tertiary/aromatic N) is 5. The second-order valence-corrected chi connectivity index (χ2v) is 9.47. The van der Waals surface area contributed by atoms with Gasteiger partial charge in [-0.15, -0.1) is 0 Å². The average molecular weight is 497 g/mol. The second-order valence-electron chi connectivity index (χ2n) is 9.47. The highest BCUT2D eigenvalue weighted by Crippen LogP contribution is 2.31. The number of aliphatic hydroxyl groups excluding tert-OH is 1. The second kappa shape index (κ2) is 9.55. The number of piperidine rings is 1. The molecule has 0 saturated carbocycles. The van der Waals surface area contributed by atoms with Gasteiger partial charge in [0.25, 0.3) is 0 Å². The van der Waals surface area contributed by atoms with Crippen molar-refractivity contribution in [1.82, 2.24) is 24.9 Å². The Morgan fingerprint density at radius 1 is 1.05 bits per heavy atom. The van der Waals surface area contributed by atoms with Gasteiger partial charge in [0.2, 0.25) is 17.8 Å². The molecule has 2 aromatic carbocycles. The van der Waals surface area contributed by atoms with E-state index in [-0.39, 0.29) is 12.3 Å². The molecule has 37 heavy (non-hydrogen) atoms. The number of carbonyl (C=O) groups is 1. The maximum atomic E-state index is 11.7. The fourth-order valence-corrected chi connectivity index (χ4v) is 4.95. The third-order valence-corrected chi connectivity index (χ3v) is 6.95. The zero-order chi connectivity index (χ0) is 25.4. The fraction of sp³-hybridized carbons (Fsp3) is 0.259. The van der Waals surface area contributed by atoms with E-state index < -0.39 is 6.23 Å². The Morgan fingerprint density at radius 3 is 2.51 bits per heavy atom. The summed E-state index contributed by atoms with van der Waals surface area (Å²) in [6, 6.07) is 17.9. The van der Waals surface area contributed by atoms with Crippen LogP contribution >= 0.6 is 0 Å². The van der Waals surface area contributed by atoms with Crippen molar-refractivity contribution < 1.29 is 9.90 Å². The molecular formula is C27H28N8O2. The summed E-state index contributed by atoms with van der Waals surface area (Å²) in [7, 11) is 0. The van der Waals surface area contributed by atoms with Crippen molar-refractivity contribution in [3.8, 4) is 0 Å². The molecule has 0 radical (unpaired) electrons. The Bertz CT molecular complexity index is 1460. The number of carbonyl (C=O) groups excluding carboxylic acids is 1. The Kier molecular flexibility index (Phi) is 5.93. The molecule has 1 unspecified atom stereocenters. The summed E-state index contributed by atoms with van der Waals surface area (Å²) in [4.78, 5) is 23.7. The first-order chi connectivity index (χ1) is 18.0. The van der Waals surface area contributed by atoms with Gasteiger partial charge in [-0.25, -0.2) is 0 Å². The van der Waals surface area contributed by atoms with Gasteiger partial charge in [-0.2, -0.15) is 19.6 Å². The molecule has 2 aromatic heterocycles. The van der Waals surface area contributed by atoms with Gasteiger partial charge in [0.15, 0.2) is 5.65 Å². The van der Waals surface area contributed by atoms with Crippen LogP contribution < -0.4 is 21.3 Å².